The molecular weight excluding hydrogens is 459 g/mol. The zero-order chi connectivity index (χ0) is 24.5. The van der Waals surface area contributed by atoms with E-state index in [0.717, 1.165) is 35.8 Å². The van der Waals surface area contributed by atoms with Crippen molar-refractivity contribution in [2.24, 2.45) is 0 Å². The molecule has 36 heavy (non-hydrogen) atoms. The Balaban J connectivity index is 1.26. The first-order chi connectivity index (χ1) is 17.6. The van der Waals surface area contributed by atoms with Crippen LogP contribution in [0.3, 0.4) is 0 Å². The molecule has 182 valence electrons. The summed E-state index contributed by atoms with van der Waals surface area (Å²) in [5.41, 5.74) is 2.97. The summed E-state index contributed by atoms with van der Waals surface area (Å²) < 4.78 is 16.6. The topological polar surface area (TPSA) is 113 Å². The Kier molecular flexibility index (Phi) is 5.55. The van der Waals surface area contributed by atoms with Crippen LogP contribution in [0.2, 0.25) is 0 Å². The summed E-state index contributed by atoms with van der Waals surface area (Å²) in [6.07, 6.45) is 14.3. The van der Waals surface area contributed by atoms with E-state index in [4.69, 9.17) is 0 Å². The molecule has 1 amide bonds. The molecule has 9 nitrogen and oxygen atoms in total. The first-order valence-electron chi connectivity index (χ1n) is 12.0. The summed E-state index contributed by atoms with van der Waals surface area (Å²) in [6, 6.07) is 7.37. The highest BCUT2D eigenvalue weighted by Crippen LogP contribution is 2.32. The smallest absolute Gasteiger partial charge is 0.259 e. The number of fused-ring (bicyclic) bond motifs is 2. The van der Waals surface area contributed by atoms with E-state index >= 15 is 0 Å². The van der Waals surface area contributed by atoms with Crippen molar-refractivity contribution in [1.29, 1.82) is 0 Å². The maximum absolute atomic E-state index is 14.9. The molecule has 6 rings (SSSR count). The van der Waals surface area contributed by atoms with Crippen LogP contribution >= 0.6 is 0 Å². The number of pyridine rings is 2. The maximum atomic E-state index is 14.9. The maximum Gasteiger partial charge on any atom is 0.259 e. The number of carbonyl (C=O) groups is 1. The minimum atomic E-state index is -1.20. The molecule has 5 aromatic rings. The van der Waals surface area contributed by atoms with Gasteiger partial charge in [0.05, 0.1) is 35.7 Å². The van der Waals surface area contributed by atoms with E-state index in [1.54, 1.807) is 41.4 Å². The fourth-order valence-electron chi connectivity index (χ4n) is 4.79. The Hall–Kier alpha value is -4.34. The molecular formula is C26H25FN8O. The molecule has 0 bridgehead atoms. The summed E-state index contributed by atoms with van der Waals surface area (Å²) in [5, 5.41) is 11.1. The minimum Gasteiger partial charge on any atom is -0.351 e. The van der Waals surface area contributed by atoms with E-state index in [1.807, 2.05) is 24.5 Å². The first-order valence-corrected chi connectivity index (χ1v) is 12.0. The summed E-state index contributed by atoms with van der Waals surface area (Å²) >= 11 is 0. The van der Waals surface area contributed by atoms with Gasteiger partial charge in [0.15, 0.2) is 0 Å². The molecule has 1 aliphatic carbocycles. The third-order valence-electron chi connectivity index (χ3n) is 6.74. The summed E-state index contributed by atoms with van der Waals surface area (Å²) in [5.74, 6) is 0.135. The molecule has 1 saturated carbocycles. The van der Waals surface area contributed by atoms with Crippen LogP contribution in [0.4, 0.5) is 16.0 Å². The Morgan fingerprint density at radius 3 is 2.89 bits per heavy atom. The average molecular weight is 485 g/mol. The molecule has 0 aromatic carbocycles. The van der Waals surface area contributed by atoms with E-state index in [0.29, 0.717) is 41.2 Å². The third-order valence-corrected chi connectivity index (χ3v) is 6.74. The van der Waals surface area contributed by atoms with Gasteiger partial charge in [-0.15, -0.1) is 0 Å². The molecule has 1 fully saturated rings. The van der Waals surface area contributed by atoms with Gasteiger partial charge < -0.3 is 15.6 Å². The summed E-state index contributed by atoms with van der Waals surface area (Å²) in [4.78, 5) is 29.1. The number of anilines is 2. The van der Waals surface area contributed by atoms with Crippen molar-refractivity contribution in [3.8, 4) is 11.1 Å². The van der Waals surface area contributed by atoms with Crippen LogP contribution in [-0.2, 0) is 0 Å². The van der Waals surface area contributed by atoms with Gasteiger partial charge in [0.25, 0.3) is 5.91 Å². The number of carbonyl (C=O) groups excluding carboxylic acids is 1. The normalized spacial score (nSPS) is 15.2. The molecule has 5 heterocycles. The first kappa shape index (κ1) is 22.1. The van der Waals surface area contributed by atoms with Crippen molar-refractivity contribution in [2.45, 2.75) is 37.8 Å². The lowest BCUT2D eigenvalue weighted by Gasteiger charge is -2.29. The van der Waals surface area contributed by atoms with Crippen LogP contribution in [0.1, 0.15) is 42.5 Å². The number of halogens is 1. The van der Waals surface area contributed by atoms with Gasteiger partial charge in [-0.2, -0.15) is 10.1 Å². The molecule has 0 saturated heterocycles. The molecule has 1 aliphatic rings. The fourth-order valence-corrected chi connectivity index (χ4v) is 4.79. The van der Waals surface area contributed by atoms with Gasteiger partial charge in [-0.1, -0.05) is 19.3 Å². The highest BCUT2D eigenvalue weighted by Gasteiger charge is 2.31. The van der Waals surface area contributed by atoms with Gasteiger partial charge in [-0.05, 0) is 42.7 Å². The van der Waals surface area contributed by atoms with Crippen molar-refractivity contribution in [3.05, 3.63) is 67.0 Å². The highest BCUT2D eigenvalue weighted by molar-refractivity contribution is 6.09. The average Bonchev–Trinajstić information content (AvgIpc) is 3.52. The number of nitrogens with zero attached hydrogens (tertiary/aromatic N) is 5. The lowest BCUT2D eigenvalue weighted by atomic mass is 9.86. The van der Waals surface area contributed by atoms with E-state index in [2.05, 4.69) is 35.7 Å². The Morgan fingerprint density at radius 2 is 2.06 bits per heavy atom. The van der Waals surface area contributed by atoms with Crippen molar-refractivity contribution in [1.82, 2.24) is 29.5 Å². The number of amides is 1. The second-order valence-electron chi connectivity index (χ2n) is 9.22. The number of rotatable bonds is 6. The highest BCUT2D eigenvalue weighted by atomic mass is 19.1. The van der Waals surface area contributed by atoms with Gasteiger partial charge in [0, 0.05) is 35.7 Å². The SMILES string of the molecule is O=C(Nc1cccnc1)c1cnn2ccc(-c3c[nH]c4nc(NCC5(F)CCCCC5)ncc34)cc12. The molecule has 0 atom stereocenters. The van der Waals surface area contributed by atoms with Crippen molar-refractivity contribution >= 4 is 34.1 Å². The lowest BCUT2D eigenvalue weighted by Crippen LogP contribution is -2.34. The van der Waals surface area contributed by atoms with Crippen LogP contribution in [0.15, 0.2) is 61.4 Å². The standard InChI is InChI=1S/C26H25FN8O/c27-26(7-2-1-3-8-26)16-31-25-30-14-20-19(13-29-23(20)34-25)17-6-10-35-22(11-17)21(15-32-35)24(36)33-18-5-4-9-28-12-18/h4-6,9-15H,1-3,7-8,16H2,(H,33,36)(H2,29,30,31,34). The van der Waals surface area contributed by atoms with E-state index < -0.39 is 5.67 Å². The van der Waals surface area contributed by atoms with Crippen LogP contribution in [0.25, 0.3) is 27.7 Å². The summed E-state index contributed by atoms with van der Waals surface area (Å²) in [7, 11) is 0. The number of alkyl halides is 1. The number of H-pyrrole nitrogens is 1. The Morgan fingerprint density at radius 1 is 1.17 bits per heavy atom. The van der Waals surface area contributed by atoms with E-state index in [1.165, 1.54) is 0 Å². The van der Waals surface area contributed by atoms with Crippen LogP contribution in [0.5, 0.6) is 0 Å². The second kappa shape index (κ2) is 9.03. The molecule has 10 heteroatoms. The van der Waals surface area contributed by atoms with Crippen molar-refractivity contribution < 1.29 is 9.18 Å². The van der Waals surface area contributed by atoms with Crippen LogP contribution < -0.4 is 10.6 Å². The van der Waals surface area contributed by atoms with Crippen LogP contribution in [-0.4, -0.2) is 47.7 Å². The van der Waals surface area contributed by atoms with Gasteiger partial charge in [0.2, 0.25) is 5.95 Å². The number of aromatic amines is 1. The monoisotopic (exact) mass is 484 g/mol. The number of hydrogen-bond donors (Lipinski definition) is 3. The van der Waals surface area contributed by atoms with E-state index in [9.17, 15) is 9.18 Å². The molecule has 0 unspecified atom stereocenters. The molecule has 3 N–H and O–H groups in total. The van der Waals surface area contributed by atoms with Crippen molar-refractivity contribution in [2.75, 3.05) is 17.2 Å². The third kappa shape index (κ3) is 4.26. The molecule has 0 aliphatic heterocycles. The Labute approximate surface area is 206 Å². The predicted molar refractivity (Wildman–Crippen MR) is 136 cm³/mol. The zero-order valence-electron chi connectivity index (χ0n) is 19.5. The van der Waals surface area contributed by atoms with Gasteiger partial charge in [-0.25, -0.2) is 13.9 Å². The molecule has 0 spiro atoms. The Bertz CT molecular complexity index is 1540. The van der Waals surface area contributed by atoms with Crippen molar-refractivity contribution in [3.63, 3.8) is 0 Å². The summed E-state index contributed by atoms with van der Waals surface area (Å²) in [6.45, 7) is 0.216. The number of hydrogen-bond acceptors (Lipinski definition) is 6. The molecule has 5 aromatic heterocycles. The molecule has 0 radical (unpaired) electrons. The van der Waals surface area contributed by atoms with Gasteiger partial charge >= 0.3 is 0 Å². The van der Waals surface area contributed by atoms with Crippen LogP contribution in [0, 0.1) is 0 Å². The van der Waals surface area contributed by atoms with E-state index in [-0.39, 0.29) is 12.5 Å². The quantitative estimate of drug-likeness (QED) is 0.312. The second-order valence-corrected chi connectivity index (χ2v) is 9.22. The lowest BCUT2D eigenvalue weighted by molar-refractivity contribution is 0.102. The van der Waals surface area contributed by atoms with Gasteiger partial charge in [-0.3, -0.25) is 9.78 Å². The number of nitrogens with one attached hydrogen (secondary N) is 3. The van der Waals surface area contributed by atoms with Gasteiger partial charge in [0.1, 0.15) is 11.3 Å². The minimum absolute atomic E-state index is 0.216. The predicted octanol–water partition coefficient (Wildman–Crippen LogP) is 5.00. The largest absolute Gasteiger partial charge is 0.351 e. The number of aromatic nitrogens is 6. The fraction of sp³-hybridized carbons (Fsp3) is 0.269. The zero-order valence-corrected chi connectivity index (χ0v) is 19.5.